The topological polar surface area (TPSA) is 35.9 Å². The van der Waals surface area contributed by atoms with Crippen LogP contribution in [0.1, 0.15) is 79.0 Å². The molecule has 0 fully saturated rings. The van der Waals surface area contributed by atoms with E-state index >= 15 is 0 Å². The van der Waals surface area contributed by atoms with E-state index in [2.05, 4.69) is 264 Å². The maximum atomic E-state index is 7.51. The van der Waals surface area contributed by atoms with Gasteiger partial charge in [-0.25, -0.2) is 4.98 Å². The average molecular weight is 923 g/mol. The monoisotopic (exact) mass is 922 g/mol. The third kappa shape index (κ3) is 7.54. The summed E-state index contributed by atoms with van der Waals surface area (Å²) < 4.78 is 14.3. The molecule has 8 aromatic carbocycles. The second kappa shape index (κ2) is 16.3. The number of imidazole rings is 1. The summed E-state index contributed by atoms with van der Waals surface area (Å²) in [5.41, 5.74) is 19.0. The molecule has 348 valence electrons. The van der Waals surface area contributed by atoms with Gasteiger partial charge in [0.1, 0.15) is 17.3 Å². The highest BCUT2D eigenvalue weighted by atomic mass is 16.5. The molecular weight excluding hydrogens is 865 g/mol. The zero-order valence-electron chi connectivity index (χ0n) is 42.1. The van der Waals surface area contributed by atoms with Crippen LogP contribution in [-0.4, -0.2) is 14.1 Å². The molecule has 12 rings (SSSR count). The molecule has 0 unspecified atom stereocenters. The average Bonchev–Trinajstić information content (AvgIpc) is 3.91. The molecule has 0 N–H and O–H groups in total. The number of benzene rings is 8. The van der Waals surface area contributed by atoms with Crippen molar-refractivity contribution in [3.8, 4) is 73.2 Å². The first-order valence-electron chi connectivity index (χ1n) is 24.9. The molecule has 0 radical (unpaired) electrons. The van der Waals surface area contributed by atoms with Crippen LogP contribution >= 0.6 is 0 Å². The van der Waals surface area contributed by atoms with Crippen LogP contribution in [0.4, 0.5) is 0 Å². The normalized spacial score (nSPS) is 12.6. The number of para-hydroxylation sites is 3. The second-order valence-corrected chi connectivity index (χ2v) is 22.3. The zero-order chi connectivity index (χ0) is 49.0. The van der Waals surface area contributed by atoms with E-state index in [0.29, 0.717) is 0 Å². The van der Waals surface area contributed by atoms with Gasteiger partial charge in [-0.3, -0.25) is 13.7 Å². The minimum Gasteiger partial charge on any atom is -0.457 e. The van der Waals surface area contributed by atoms with Crippen molar-refractivity contribution in [2.45, 2.75) is 78.6 Å². The van der Waals surface area contributed by atoms with Gasteiger partial charge in [-0.2, -0.15) is 0 Å². The quantitative estimate of drug-likeness (QED) is 0.127. The first-order valence-corrected chi connectivity index (χ1v) is 24.9. The van der Waals surface area contributed by atoms with Gasteiger partial charge in [0.2, 0.25) is 0 Å². The minimum atomic E-state index is -0.0520. The lowest BCUT2D eigenvalue weighted by molar-refractivity contribution is -0.572. The fraction of sp³-hybridized carbons (Fsp3) is 0.182. The summed E-state index contributed by atoms with van der Waals surface area (Å²) >= 11 is 0. The first kappa shape index (κ1) is 44.2. The van der Waals surface area contributed by atoms with Crippen molar-refractivity contribution >= 4 is 32.8 Å². The minimum absolute atomic E-state index is 0.0462. The highest BCUT2D eigenvalue weighted by Crippen LogP contribution is 2.52. The SMILES string of the molecule is CC(C)(C)c1cc(-[n+]2[c-]n(-c3cc(Oc4ccc5c6ccccc6n(-c6cc(C(C)(C)C)ccn6)c5c4)c4c(c3)-c3ccccc3-c3ccccc3-c3ccccc3-4)c3ccccc32)cc(C(C)(C)C)c1. The molecule has 5 nitrogen and oxygen atoms in total. The van der Waals surface area contributed by atoms with Crippen molar-refractivity contribution < 1.29 is 9.30 Å². The van der Waals surface area contributed by atoms with Crippen LogP contribution in [0.3, 0.4) is 0 Å². The van der Waals surface area contributed by atoms with Gasteiger partial charge in [-0.15, -0.1) is 0 Å². The molecule has 0 amide bonds. The number of nitrogens with zero attached hydrogens (tertiary/aromatic N) is 4. The lowest BCUT2D eigenvalue weighted by Crippen LogP contribution is -2.31. The highest BCUT2D eigenvalue weighted by Gasteiger charge is 2.28. The number of aromatic nitrogens is 4. The number of hydrogen-bond donors (Lipinski definition) is 0. The Bertz CT molecular complexity index is 3890. The summed E-state index contributed by atoms with van der Waals surface area (Å²) in [6.07, 6.45) is 5.85. The second-order valence-electron chi connectivity index (χ2n) is 22.3. The molecule has 0 spiro atoms. The molecule has 0 bridgehead atoms. The lowest BCUT2D eigenvalue weighted by atomic mass is 9.80. The Labute approximate surface area is 417 Å². The zero-order valence-corrected chi connectivity index (χ0v) is 42.1. The summed E-state index contributed by atoms with van der Waals surface area (Å²) in [5.74, 6) is 2.35. The van der Waals surface area contributed by atoms with Crippen LogP contribution in [0.5, 0.6) is 11.5 Å². The van der Waals surface area contributed by atoms with Gasteiger partial charge < -0.3 is 4.74 Å². The molecule has 11 aromatic rings. The van der Waals surface area contributed by atoms with E-state index in [0.717, 1.165) is 84.0 Å². The predicted octanol–water partition coefficient (Wildman–Crippen LogP) is 16.9. The highest BCUT2D eigenvalue weighted by molar-refractivity contribution is 6.10. The van der Waals surface area contributed by atoms with Crippen LogP contribution in [0.2, 0.25) is 0 Å². The van der Waals surface area contributed by atoms with Crippen molar-refractivity contribution in [3.05, 3.63) is 211 Å². The standard InChI is InChI=1S/C66H58N4O/c1-64(2,3)42-32-33-67-62(37-42)70-57-27-17-16-25-53(57)54-31-30-47(40-60(54)70)71-61-39-46(38-56-52-24-13-12-22-50(52)48-20-10-11-21-49(48)51-23-14-15-26-55(51)63(56)61)69-41-68(58-28-18-19-29-59(58)69)45-35-43(65(4,5)6)34-44(36-45)66(7,8)9/h10-40H,1-9H3. The smallest absolute Gasteiger partial charge is 0.269 e. The van der Waals surface area contributed by atoms with E-state index in [9.17, 15) is 0 Å². The Hall–Kier alpha value is -8.02. The van der Waals surface area contributed by atoms with Crippen molar-refractivity contribution in [2.24, 2.45) is 0 Å². The largest absolute Gasteiger partial charge is 0.457 e. The van der Waals surface area contributed by atoms with Gasteiger partial charge in [0.15, 0.2) is 0 Å². The van der Waals surface area contributed by atoms with Crippen LogP contribution in [0.15, 0.2) is 188 Å². The van der Waals surface area contributed by atoms with E-state index in [1.807, 2.05) is 6.20 Å². The van der Waals surface area contributed by atoms with Gasteiger partial charge in [0.05, 0.1) is 33.4 Å². The third-order valence-electron chi connectivity index (χ3n) is 14.5. The van der Waals surface area contributed by atoms with Gasteiger partial charge in [0.25, 0.3) is 6.33 Å². The molecule has 71 heavy (non-hydrogen) atoms. The molecule has 0 atom stereocenters. The van der Waals surface area contributed by atoms with Gasteiger partial charge >= 0.3 is 0 Å². The van der Waals surface area contributed by atoms with E-state index in [1.54, 1.807) is 0 Å². The molecule has 3 heterocycles. The summed E-state index contributed by atoms with van der Waals surface area (Å²) in [7, 11) is 0. The van der Waals surface area contributed by atoms with E-state index in [-0.39, 0.29) is 16.2 Å². The van der Waals surface area contributed by atoms with E-state index in [1.165, 1.54) is 38.8 Å². The van der Waals surface area contributed by atoms with Crippen molar-refractivity contribution in [1.29, 1.82) is 0 Å². The maximum absolute atomic E-state index is 7.51. The lowest BCUT2D eigenvalue weighted by Gasteiger charge is -2.26. The van der Waals surface area contributed by atoms with E-state index in [4.69, 9.17) is 9.72 Å². The first-order chi connectivity index (χ1) is 34.1. The molecule has 1 aliphatic carbocycles. The molecule has 3 aromatic heterocycles. The van der Waals surface area contributed by atoms with Crippen LogP contribution in [0.25, 0.3) is 94.5 Å². The molecule has 1 aliphatic rings. The van der Waals surface area contributed by atoms with Crippen LogP contribution < -0.4 is 9.30 Å². The maximum Gasteiger partial charge on any atom is 0.269 e. The van der Waals surface area contributed by atoms with Crippen LogP contribution in [-0.2, 0) is 16.2 Å². The van der Waals surface area contributed by atoms with E-state index < -0.39 is 0 Å². The fourth-order valence-corrected chi connectivity index (χ4v) is 10.6. The number of pyridine rings is 1. The summed E-state index contributed by atoms with van der Waals surface area (Å²) in [5, 5.41) is 2.30. The molecule has 0 aliphatic heterocycles. The summed E-state index contributed by atoms with van der Waals surface area (Å²) in [6, 6.07) is 66.2. The van der Waals surface area contributed by atoms with Crippen molar-refractivity contribution in [2.75, 3.05) is 0 Å². The number of fused-ring (bicyclic) bond motifs is 12. The van der Waals surface area contributed by atoms with Crippen LogP contribution in [0, 0.1) is 6.33 Å². The van der Waals surface area contributed by atoms with Gasteiger partial charge in [0, 0.05) is 28.6 Å². The Morgan fingerprint density at radius 3 is 1.62 bits per heavy atom. The Morgan fingerprint density at radius 2 is 0.986 bits per heavy atom. The number of hydrogen-bond acceptors (Lipinski definition) is 2. The Balaban J connectivity index is 1.13. The molecular formula is C66H58N4O. The van der Waals surface area contributed by atoms with Crippen molar-refractivity contribution in [3.63, 3.8) is 0 Å². The molecule has 5 heteroatoms. The number of rotatable bonds is 5. The Morgan fingerprint density at radius 1 is 0.451 bits per heavy atom. The molecule has 0 saturated heterocycles. The summed E-state index contributed by atoms with van der Waals surface area (Å²) in [4.78, 5) is 4.99. The fourth-order valence-electron chi connectivity index (χ4n) is 10.6. The number of ether oxygens (including phenoxy) is 1. The van der Waals surface area contributed by atoms with Crippen molar-refractivity contribution in [1.82, 2.24) is 14.1 Å². The summed E-state index contributed by atoms with van der Waals surface area (Å²) in [6.45, 7) is 20.5. The van der Waals surface area contributed by atoms with Gasteiger partial charge in [-0.1, -0.05) is 184 Å². The predicted molar refractivity (Wildman–Crippen MR) is 294 cm³/mol. The Kier molecular flexibility index (Phi) is 10.1. The van der Waals surface area contributed by atoms with Gasteiger partial charge in [-0.05, 0) is 126 Å². The third-order valence-corrected chi connectivity index (χ3v) is 14.5. The molecule has 0 saturated carbocycles.